The topological polar surface area (TPSA) is 63.0 Å². The molecule has 0 aliphatic rings. The fourth-order valence-electron chi connectivity index (χ4n) is 1.27. The van der Waals surface area contributed by atoms with Crippen molar-refractivity contribution in [2.75, 3.05) is 5.88 Å². The van der Waals surface area contributed by atoms with E-state index in [0.29, 0.717) is 16.8 Å². The Morgan fingerprint density at radius 1 is 1.62 bits per heavy atom. The summed E-state index contributed by atoms with van der Waals surface area (Å²) < 4.78 is 1.26. The van der Waals surface area contributed by atoms with Gasteiger partial charge in [0.25, 0.3) is 0 Å². The molecule has 16 heavy (non-hydrogen) atoms. The minimum Gasteiger partial charge on any atom is -0.244 e. The number of rotatable bonds is 4. The van der Waals surface area contributed by atoms with Crippen LogP contribution in [0, 0.1) is 0 Å². The molecule has 0 spiro atoms. The number of aromatic amines is 1. The van der Waals surface area contributed by atoms with E-state index in [1.165, 1.54) is 4.52 Å². The Hall–Kier alpha value is -1.01. The van der Waals surface area contributed by atoms with Gasteiger partial charge in [-0.15, -0.1) is 23.4 Å². The number of nitrogens with zero attached hydrogens (tertiary/aromatic N) is 3. The molecule has 2 aromatic heterocycles. The number of halogens is 1. The predicted octanol–water partition coefficient (Wildman–Crippen LogP) is 1.53. The SMILES string of the molecule is CC(CCCl)Sc1ccc2n[nH]c(=O)n2n1. The number of hydrogen-bond donors (Lipinski definition) is 1. The van der Waals surface area contributed by atoms with Gasteiger partial charge < -0.3 is 0 Å². The Bertz CT molecular complexity index is 538. The summed E-state index contributed by atoms with van der Waals surface area (Å²) in [5.74, 6) is 0.627. The summed E-state index contributed by atoms with van der Waals surface area (Å²) in [5, 5.41) is 11.5. The molecule has 7 heteroatoms. The zero-order chi connectivity index (χ0) is 11.5. The van der Waals surface area contributed by atoms with Crippen LogP contribution in [0.4, 0.5) is 0 Å². The molecule has 1 atom stereocenters. The Balaban J connectivity index is 2.25. The minimum atomic E-state index is -0.317. The lowest BCUT2D eigenvalue weighted by atomic mass is 10.4. The van der Waals surface area contributed by atoms with Gasteiger partial charge in [0, 0.05) is 11.1 Å². The van der Waals surface area contributed by atoms with Gasteiger partial charge in [-0.25, -0.2) is 9.89 Å². The highest BCUT2D eigenvalue weighted by molar-refractivity contribution is 7.99. The molecule has 0 bridgehead atoms. The van der Waals surface area contributed by atoms with Gasteiger partial charge in [0.2, 0.25) is 0 Å². The van der Waals surface area contributed by atoms with Crippen molar-refractivity contribution in [2.24, 2.45) is 0 Å². The molecule has 2 aromatic rings. The zero-order valence-corrected chi connectivity index (χ0v) is 10.3. The number of fused-ring (bicyclic) bond motifs is 1. The predicted molar refractivity (Wildman–Crippen MR) is 64.3 cm³/mol. The summed E-state index contributed by atoms with van der Waals surface area (Å²) in [6.07, 6.45) is 0.909. The van der Waals surface area contributed by atoms with Gasteiger partial charge in [-0.2, -0.15) is 14.7 Å². The molecule has 5 nitrogen and oxygen atoms in total. The van der Waals surface area contributed by atoms with E-state index in [2.05, 4.69) is 22.2 Å². The van der Waals surface area contributed by atoms with E-state index in [1.54, 1.807) is 17.8 Å². The van der Waals surface area contributed by atoms with Crippen LogP contribution in [-0.4, -0.2) is 30.9 Å². The van der Waals surface area contributed by atoms with Gasteiger partial charge in [0.1, 0.15) is 5.03 Å². The minimum absolute atomic E-state index is 0.317. The number of H-pyrrole nitrogens is 1. The fourth-order valence-corrected chi connectivity index (χ4v) is 2.65. The largest absolute Gasteiger partial charge is 0.364 e. The smallest absolute Gasteiger partial charge is 0.244 e. The molecule has 1 unspecified atom stereocenters. The molecular weight excluding hydrogens is 248 g/mol. The van der Waals surface area contributed by atoms with Crippen molar-refractivity contribution in [1.82, 2.24) is 19.8 Å². The lowest BCUT2D eigenvalue weighted by Gasteiger charge is -2.07. The monoisotopic (exact) mass is 258 g/mol. The molecule has 1 N–H and O–H groups in total. The fraction of sp³-hybridized carbons (Fsp3) is 0.444. The van der Waals surface area contributed by atoms with E-state index < -0.39 is 0 Å². The van der Waals surface area contributed by atoms with E-state index in [9.17, 15) is 4.79 Å². The lowest BCUT2D eigenvalue weighted by molar-refractivity contribution is 0.813. The van der Waals surface area contributed by atoms with Gasteiger partial charge in [0.15, 0.2) is 5.65 Å². The second-order valence-electron chi connectivity index (χ2n) is 3.38. The number of nitrogens with one attached hydrogen (secondary N) is 1. The van der Waals surface area contributed by atoms with Crippen molar-refractivity contribution in [2.45, 2.75) is 23.6 Å². The quantitative estimate of drug-likeness (QED) is 0.667. The maximum atomic E-state index is 11.3. The van der Waals surface area contributed by atoms with E-state index >= 15 is 0 Å². The van der Waals surface area contributed by atoms with Crippen molar-refractivity contribution >= 4 is 29.0 Å². The van der Waals surface area contributed by atoms with Crippen LogP contribution in [0.15, 0.2) is 22.0 Å². The first-order valence-electron chi connectivity index (χ1n) is 4.88. The highest BCUT2D eigenvalue weighted by Gasteiger charge is 2.07. The van der Waals surface area contributed by atoms with Crippen molar-refractivity contribution in [3.8, 4) is 0 Å². The third-order valence-corrected chi connectivity index (χ3v) is 3.40. The summed E-state index contributed by atoms with van der Waals surface area (Å²) in [7, 11) is 0. The maximum absolute atomic E-state index is 11.3. The molecule has 0 saturated heterocycles. The van der Waals surface area contributed by atoms with Crippen LogP contribution in [0.1, 0.15) is 13.3 Å². The standard InChI is InChI=1S/C9H11ClN4OS/c1-6(4-5-10)16-8-3-2-7-11-12-9(15)14(7)13-8/h2-3,6H,4-5H2,1H3,(H,12,15). The highest BCUT2D eigenvalue weighted by atomic mass is 35.5. The first kappa shape index (κ1) is 11.5. The zero-order valence-electron chi connectivity index (χ0n) is 8.68. The van der Waals surface area contributed by atoms with Gasteiger partial charge >= 0.3 is 5.69 Å². The normalized spacial score (nSPS) is 13.1. The molecule has 0 aromatic carbocycles. The van der Waals surface area contributed by atoms with Crippen LogP contribution in [0.3, 0.4) is 0 Å². The molecule has 0 saturated carbocycles. The number of alkyl halides is 1. The van der Waals surface area contributed by atoms with Gasteiger partial charge in [-0.05, 0) is 18.6 Å². The Kier molecular flexibility index (Phi) is 3.50. The second kappa shape index (κ2) is 4.88. The third kappa shape index (κ3) is 2.38. The number of aromatic nitrogens is 4. The Labute approximate surface area is 101 Å². The lowest BCUT2D eigenvalue weighted by Crippen LogP contribution is -2.12. The first-order chi connectivity index (χ1) is 7.70. The van der Waals surface area contributed by atoms with Crippen LogP contribution in [0.2, 0.25) is 0 Å². The molecule has 86 valence electrons. The summed E-state index contributed by atoms with van der Waals surface area (Å²) in [5.41, 5.74) is 0.210. The van der Waals surface area contributed by atoms with Crippen LogP contribution in [0.25, 0.3) is 5.65 Å². The van der Waals surface area contributed by atoms with E-state index in [1.807, 2.05) is 6.07 Å². The average molecular weight is 259 g/mol. The molecule has 2 rings (SSSR count). The Morgan fingerprint density at radius 3 is 3.19 bits per heavy atom. The molecule has 0 fully saturated rings. The summed E-state index contributed by atoms with van der Waals surface area (Å²) in [4.78, 5) is 11.3. The molecule has 0 aliphatic carbocycles. The number of thioether (sulfide) groups is 1. The summed E-state index contributed by atoms with van der Waals surface area (Å²) >= 11 is 7.26. The van der Waals surface area contributed by atoms with Crippen LogP contribution < -0.4 is 5.69 Å². The van der Waals surface area contributed by atoms with Crippen LogP contribution >= 0.6 is 23.4 Å². The second-order valence-corrected chi connectivity index (χ2v) is 5.21. The van der Waals surface area contributed by atoms with Crippen molar-refractivity contribution in [3.63, 3.8) is 0 Å². The van der Waals surface area contributed by atoms with Crippen molar-refractivity contribution < 1.29 is 0 Å². The first-order valence-corrected chi connectivity index (χ1v) is 6.29. The molecule has 0 aliphatic heterocycles. The summed E-state index contributed by atoms with van der Waals surface area (Å²) in [6, 6.07) is 3.62. The molecule has 0 radical (unpaired) electrons. The van der Waals surface area contributed by atoms with Crippen LogP contribution in [-0.2, 0) is 0 Å². The highest BCUT2D eigenvalue weighted by Crippen LogP contribution is 2.22. The van der Waals surface area contributed by atoms with E-state index in [0.717, 1.165) is 11.4 Å². The van der Waals surface area contributed by atoms with E-state index in [-0.39, 0.29) is 5.69 Å². The van der Waals surface area contributed by atoms with Crippen molar-refractivity contribution in [3.05, 3.63) is 22.6 Å². The molecule has 0 amide bonds. The number of hydrogen-bond acceptors (Lipinski definition) is 4. The van der Waals surface area contributed by atoms with Crippen molar-refractivity contribution in [1.29, 1.82) is 0 Å². The van der Waals surface area contributed by atoms with Gasteiger partial charge in [0.05, 0.1) is 0 Å². The average Bonchev–Trinajstić information content (AvgIpc) is 2.61. The maximum Gasteiger partial charge on any atom is 0.364 e. The molecular formula is C9H11ClN4OS. The van der Waals surface area contributed by atoms with Crippen LogP contribution in [0.5, 0.6) is 0 Å². The van der Waals surface area contributed by atoms with E-state index in [4.69, 9.17) is 11.6 Å². The summed E-state index contributed by atoms with van der Waals surface area (Å²) in [6.45, 7) is 2.08. The third-order valence-electron chi connectivity index (χ3n) is 2.09. The van der Waals surface area contributed by atoms with Gasteiger partial charge in [-0.1, -0.05) is 6.92 Å². The molecule has 2 heterocycles. The van der Waals surface area contributed by atoms with Gasteiger partial charge in [-0.3, -0.25) is 0 Å². The Morgan fingerprint density at radius 2 is 2.44 bits per heavy atom.